The van der Waals surface area contributed by atoms with Crippen LogP contribution in [0, 0.1) is 0 Å². The molecule has 0 saturated heterocycles. The maximum absolute atomic E-state index is 4.07. The van der Waals surface area contributed by atoms with Gasteiger partial charge in [0.2, 0.25) is 5.13 Å². The van der Waals surface area contributed by atoms with Crippen molar-refractivity contribution in [2.24, 2.45) is 5.10 Å². The first kappa shape index (κ1) is 10.3. The van der Waals surface area contributed by atoms with Crippen LogP contribution in [0.5, 0.6) is 0 Å². The zero-order chi connectivity index (χ0) is 10.5. The van der Waals surface area contributed by atoms with E-state index in [9.17, 15) is 0 Å². The molecule has 1 aromatic heterocycles. The van der Waals surface area contributed by atoms with E-state index in [4.69, 9.17) is 0 Å². The number of halogens is 1. The van der Waals surface area contributed by atoms with Crippen molar-refractivity contribution in [1.29, 1.82) is 0 Å². The van der Waals surface area contributed by atoms with Crippen molar-refractivity contribution in [2.75, 3.05) is 5.43 Å². The summed E-state index contributed by atoms with van der Waals surface area (Å²) >= 11 is 4.89. The number of rotatable bonds is 3. The van der Waals surface area contributed by atoms with Gasteiger partial charge in [-0.1, -0.05) is 28.1 Å². The smallest absolute Gasteiger partial charge is 0.203 e. The van der Waals surface area contributed by atoms with E-state index < -0.39 is 0 Å². The third-order valence-corrected chi connectivity index (χ3v) is 2.88. The lowest BCUT2D eigenvalue weighted by Gasteiger charge is -1.94. The molecule has 0 radical (unpaired) electrons. The summed E-state index contributed by atoms with van der Waals surface area (Å²) in [4.78, 5) is 4.05. The van der Waals surface area contributed by atoms with Gasteiger partial charge in [-0.25, -0.2) is 4.98 Å². The second-order valence-electron chi connectivity index (χ2n) is 2.76. The fourth-order valence-electron chi connectivity index (χ4n) is 0.990. The summed E-state index contributed by atoms with van der Waals surface area (Å²) in [5, 5.41) is 6.77. The minimum absolute atomic E-state index is 0.795. The van der Waals surface area contributed by atoms with Gasteiger partial charge in [-0.2, -0.15) is 5.10 Å². The number of nitrogens with one attached hydrogen (secondary N) is 1. The van der Waals surface area contributed by atoms with Crippen LogP contribution in [0.25, 0.3) is 0 Å². The van der Waals surface area contributed by atoms with Crippen molar-refractivity contribution in [3.05, 3.63) is 45.9 Å². The van der Waals surface area contributed by atoms with Gasteiger partial charge in [-0.3, -0.25) is 5.43 Å². The Morgan fingerprint density at radius 1 is 1.33 bits per heavy atom. The van der Waals surface area contributed by atoms with Crippen molar-refractivity contribution in [1.82, 2.24) is 4.98 Å². The number of aromatic nitrogens is 1. The molecular formula is C10H8BrN3S. The first-order valence-corrected chi connectivity index (χ1v) is 5.96. The fraction of sp³-hybridized carbons (Fsp3) is 0. The summed E-state index contributed by atoms with van der Waals surface area (Å²) < 4.78 is 1.06. The van der Waals surface area contributed by atoms with E-state index in [1.54, 1.807) is 12.4 Å². The first-order chi connectivity index (χ1) is 7.34. The Morgan fingerprint density at radius 3 is 2.80 bits per heavy atom. The van der Waals surface area contributed by atoms with Crippen LogP contribution in [0.2, 0.25) is 0 Å². The van der Waals surface area contributed by atoms with E-state index in [2.05, 4.69) is 31.4 Å². The molecule has 2 rings (SSSR count). The Balaban J connectivity index is 1.97. The highest BCUT2D eigenvalue weighted by molar-refractivity contribution is 9.10. The molecule has 1 heterocycles. The molecule has 1 N–H and O–H groups in total. The molecule has 2 aromatic rings. The van der Waals surface area contributed by atoms with Crippen molar-refractivity contribution in [2.45, 2.75) is 0 Å². The van der Waals surface area contributed by atoms with Gasteiger partial charge in [0.1, 0.15) is 0 Å². The SMILES string of the molecule is Brc1ccc(C=NNc2nccs2)cc1. The summed E-state index contributed by atoms with van der Waals surface area (Å²) in [5.41, 5.74) is 3.90. The van der Waals surface area contributed by atoms with Crippen molar-refractivity contribution < 1.29 is 0 Å². The predicted octanol–water partition coefficient (Wildman–Crippen LogP) is 3.35. The molecule has 0 aliphatic heterocycles. The number of thiazole rings is 1. The Morgan fingerprint density at radius 2 is 2.13 bits per heavy atom. The third-order valence-electron chi connectivity index (χ3n) is 1.68. The van der Waals surface area contributed by atoms with Crippen LogP contribution in [-0.4, -0.2) is 11.2 Å². The molecule has 5 heteroatoms. The second-order valence-corrected chi connectivity index (χ2v) is 4.57. The van der Waals surface area contributed by atoms with Gasteiger partial charge in [-0.05, 0) is 17.7 Å². The van der Waals surface area contributed by atoms with Gasteiger partial charge in [-0.15, -0.1) is 11.3 Å². The first-order valence-electron chi connectivity index (χ1n) is 4.29. The molecule has 0 aliphatic rings. The number of benzene rings is 1. The maximum Gasteiger partial charge on any atom is 0.203 e. The molecular weight excluding hydrogens is 274 g/mol. The van der Waals surface area contributed by atoms with Crippen molar-refractivity contribution >= 4 is 38.6 Å². The minimum Gasteiger partial charge on any atom is -0.253 e. The quantitative estimate of drug-likeness (QED) is 0.692. The van der Waals surface area contributed by atoms with Crippen molar-refractivity contribution in [3.63, 3.8) is 0 Å². The molecule has 0 unspecified atom stereocenters. The molecule has 0 saturated carbocycles. The molecule has 0 bridgehead atoms. The minimum atomic E-state index is 0.795. The number of anilines is 1. The maximum atomic E-state index is 4.07. The van der Waals surface area contributed by atoms with Gasteiger partial charge in [0.15, 0.2) is 0 Å². The zero-order valence-corrected chi connectivity index (χ0v) is 10.1. The van der Waals surface area contributed by atoms with E-state index in [0.29, 0.717) is 0 Å². The summed E-state index contributed by atoms with van der Waals surface area (Å²) in [7, 11) is 0. The average molecular weight is 282 g/mol. The van der Waals surface area contributed by atoms with Gasteiger partial charge >= 0.3 is 0 Å². The Hall–Kier alpha value is -1.20. The highest BCUT2D eigenvalue weighted by atomic mass is 79.9. The fourth-order valence-corrected chi connectivity index (χ4v) is 1.73. The highest BCUT2D eigenvalue weighted by Crippen LogP contribution is 2.11. The van der Waals surface area contributed by atoms with E-state index in [0.717, 1.165) is 15.2 Å². The number of nitrogens with zero attached hydrogens (tertiary/aromatic N) is 2. The van der Waals surface area contributed by atoms with Crippen LogP contribution < -0.4 is 5.43 Å². The summed E-state index contributed by atoms with van der Waals surface area (Å²) in [6.45, 7) is 0. The van der Waals surface area contributed by atoms with Gasteiger partial charge < -0.3 is 0 Å². The van der Waals surface area contributed by atoms with E-state index in [1.165, 1.54) is 11.3 Å². The summed E-state index contributed by atoms with van der Waals surface area (Å²) in [5.74, 6) is 0. The molecule has 3 nitrogen and oxygen atoms in total. The molecule has 0 atom stereocenters. The monoisotopic (exact) mass is 281 g/mol. The summed E-state index contributed by atoms with van der Waals surface area (Å²) in [6.07, 6.45) is 3.50. The lowest BCUT2D eigenvalue weighted by Crippen LogP contribution is -1.89. The molecule has 0 fully saturated rings. The van der Waals surface area contributed by atoms with Crippen LogP contribution in [0.15, 0.2) is 45.4 Å². The van der Waals surface area contributed by atoms with Crippen LogP contribution in [0.1, 0.15) is 5.56 Å². The van der Waals surface area contributed by atoms with Crippen LogP contribution in [0.3, 0.4) is 0 Å². The Labute approximate surface area is 100.0 Å². The largest absolute Gasteiger partial charge is 0.253 e. The van der Waals surface area contributed by atoms with Gasteiger partial charge in [0.25, 0.3) is 0 Å². The normalized spacial score (nSPS) is 10.7. The van der Waals surface area contributed by atoms with Gasteiger partial charge in [0, 0.05) is 16.0 Å². The lowest BCUT2D eigenvalue weighted by atomic mass is 10.2. The Bertz CT molecular complexity index is 436. The topological polar surface area (TPSA) is 37.3 Å². The number of hydrazone groups is 1. The lowest BCUT2D eigenvalue weighted by molar-refractivity contribution is 1.29. The average Bonchev–Trinajstić information content (AvgIpc) is 2.74. The van der Waals surface area contributed by atoms with Crippen LogP contribution in [0.4, 0.5) is 5.13 Å². The standard InChI is InChI=1S/C10H8BrN3S/c11-9-3-1-8(2-4-9)7-13-14-10-12-5-6-15-10/h1-7H,(H,12,14). The predicted molar refractivity (Wildman–Crippen MR) is 67.5 cm³/mol. The Kier molecular flexibility index (Phi) is 3.47. The third kappa shape index (κ3) is 3.14. The highest BCUT2D eigenvalue weighted by Gasteiger charge is 1.90. The van der Waals surface area contributed by atoms with Crippen LogP contribution in [-0.2, 0) is 0 Å². The van der Waals surface area contributed by atoms with E-state index in [1.807, 2.05) is 29.6 Å². The second kappa shape index (κ2) is 5.04. The molecule has 1 aromatic carbocycles. The van der Waals surface area contributed by atoms with Crippen LogP contribution >= 0.6 is 27.3 Å². The number of hydrogen-bond acceptors (Lipinski definition) is 4. The summed E-state index contributed by atoms with van der Waals surface area (Å²) in [6, 6.07) is 7.92. The molecule has 0 amide bonds. The molecule has 0 spiro atoms. The number of hydrogen-bond donors (Lipinski definition) is 1. The molecule has 76 valence electrons. The van der Waals surface area contributed by atoms with Crippen molar-refractivity contribution in [3.8, 4) is 0 Å². The molecule has 15 heavy (non-hydrogen) atoms. The van der Waals surface area contributed by atoms with E-state index in [-0.39, 0.29) is 0 Å². The van der Waals surface area contributed by atoms with E-state index >= 15 is 0 Å². The van der Waals surface area contributed by atoms with Gasteiger partial charge in [0.05, 0.1) is 6.21 Å². The molecule has 0 aliphatic carbocycles. The zero-order valence-electron chi connectivity index (χ0n) is 7.72.